The highest BCUT2D eigenvalue weighted by Gasteiger charge is 2.10. The number of nitrogens with one attached hydrogen (secondary N) is 2. The highest BCUT2D eigenvalue weighted by atomic mass is 19.1. The normalized spacial score (nSPS) is 10.6. The summed E-state index contributed by atoms with van der Waals surface area (Å²) in [4.78, 5) is 16.6. The van der Waals surface area contributed by atoms with Crippen LogP contribution in [0.3, 0.4) is 0 Å². The third kappa shape index (κ3) is 4.32. The molecule has 2 amide bonds. The first-order valence-corrected chi connectivity index (χ1v) is 9.04. The van der Waals surface area contributed by atoms with Gasteiger partial charge in [-0.25, -0.2) is 14.2 Å². The fourth-order valence-electron chi connectivity index (χ4n) is 2.91. The summed E-state index contributed by atoms with van der Waals surface area (Å²) in [6.07, 6.45) is 1.64. The molecule has 0 fully saturated rings. The molecule has 0 aliphatic carbocycles. The van der Waals surface area contributed by atoms with Crippen molar-refractivity contribution in [1.29, 1.82) is 0 Å². The topological polar surface area (TPSA) is 67.2 Å². The maximum Gasteiger partial charge on any atom is 0.323 e. The summed E-state index contributed by atoms with van der Waals surface area (Å²) < 4.78 is 18.6. The summed E-state index contributed by atoms with van der Waals surface area (Å²) in [5.74, 6) is 0.147. The number of carbonyl (C=O) groups excluding carboxylic acids is 1. The number of hydrogen-bond acceptors (Lipinski definition) is 3. The zero-order valence-corrected chi connectivity index (χ0v) is 15.6. The predicted molar refractivity (Wildman–Crippen MR) is 111 cm³/mol. The number of nitrogens with zero attached hydrogens (tertiary/aromatic N) is 1. The van der Waals surface area contributed by atoms with Crippen molar-refractivity contribution in [2.24, 2.45) is 0 Å². The van der Waals surface area contributed by atoms with Crippen LogP contribution in [0.25, 0.3) is 22.7 Å². The van der Waals surface area contributed by atoms with Gasteiger partial charge in [-0.2, -0.15) is 0 Å². The van der Waals surface area contributed by atoms with Gasteiger partial charge in [-0.1, -0.05) is 24.3 Å². The predicted octanol–water partition coefficient (Wildman–Crippen LogP) is 6.10. The Morgan fingerprint density at radius 1 is 0.897 bits per heavy atom. The number of anilines is 2. The zero-order valence-electron chi connectivity index (χ0n) is 15.6. The molecule has 5 nitrogen and oxygen atoms in total. The largest absolute Gasteiger partial charge is 0.444 e. The van der Waals surface area contributed by atoms with Gasteiger partial charge in [0.25, 0.3) is 0 Å². The van der Waals surface area contributed by atoms with E-state index in [4.69, 9.17) is 4.42 Å². The van der Waals surface area contributed by atoms with Gasteiger partial charge >= 0.3 is 6.03 Å². The number of halogens is 1. The molecule has 0 radical (unpaired) electrons. The summed E-state index contributed by atoms with van der Waals surface area (Å²) in [5, 5.41) is 5.37. The molecule has 0 spiro atoms. The zero-order chi connectivity index (χ0) is 20.2. The summed E-state index contributed by atoms with van der Waals surface area (Å²) >= 11 is 0. The quantitative estimate of drug-likeness (QED) is 0.445. The molecule has 6 heteroatoms. The van der Waals surface area contributed by atoms with Crippen LogP contribution in [0.15, 0.2) is 83.5 Å². The molecule has 0 unspecified atom stereocenters. The van der Waals surface area contributed by atoms with Crippen molar-refractivity contribution in [3.8, 4) is 22.7 Å². The molecule has 29 heavy (non-hydrogen) atoms. The van der Waals surface area contributed by atoms with E-state index in [1.165, 1.54) is 24.3 Å². The minimum Gasteiger partial charge on any atom is -0.444 e. The highest BCUT2D eigenvalue weighted by Crippen LogP contribution is 2.27. The van der Waals surface area contributed by atoms with Gasteiger partial charge in [-0.15, -0.1) is 0 Å². The van der Waals surface area contributed by atoms with E-state index in [1.807, 2.05) is 43.3 Å². The molecule has 0 saturated carbocycles. The maximum absolute atomic E-state index is 12.9. The molecule has 1 aromatic heterocycles. The van der Waals surface area contributed by atoms with Crippen LogP contribution >= 0.6 is 0 Å². The minimum atomic E-state index is -0.415. The number of carbonyl (C=O) groups is 1. The molecular weight excluding hydrogens is 369 g/mol. The Bertz CT molecular complexity index is 1140. The molecule has 3 aromatic carbocycles. The van der Waals surface area contributed by atoms with Gasteiger partial charge in [-0.05, 0) is 61.0 Å². The first-order valence-electron chi connectivity index (χ1n) is 9.04. The first kappa shape index (κ1) is 18.4. The molecule has 4 aromatic rings. The van der Waals surface area contributed by atoms with E-state index in [1.54, 1.807) is 18.4 Å². The minimum absolute atomic E-state index is 0.358. The average molecular weight is 387 g/mol. The SMILES string of the molecule is Cc1ccccc1-c1coc(-c2ccc(NC(=O)Nc3ccc(F)cc3)cc2)n1. The van der Waals surface area contributed by atoms with Crippen LogP contribution in [0.1, 0.15) is 5.56 Å². The fraction of sp³-hybridized carbons (Fsp3) is 0.0435. The second-order valence-corrected chi connectivity index (χ2v) is 6.52. The van der Waals surface area contributed by atoms with E-state index in [0.717, 1.165) is 22.4 Å². The van der Waals surface area contributed by atoms with Crippen LogP contribution in [0.4, 0.5) is 20.6 Å². The van der Waals surface area contributed by atoms with Crippen LogP contribution in [0, 0.1) is 12.7 Å². The number of aromatic nitrogens is 1. The van der Waals surface area contributed by atoms with E-state index in [0.29, 0.717) is 17.3 Å². The Labute approximate surface area is 167 Å². The molecule has 4 rings (SSSR count). The molecule has 0 atom stereocenters. The third-order valence-electron chi connectivity index (χ3n) is 4.42. The lowest BCUT2D eigenvalue weighted by molar-refractivity contribution is 0.262. The van der Waals surface area contributed by atoms with Crippen LogP contribution in [0.2, 0.25) is 0 Å². The lowest BCUT2D eigenvalue weighted by Gasteiger charge is -2.08. The van der Waals surface area contributed by atoms with Crippen LogP contribution < -0.4 is 10.6 Å². The van der Waals surface area contributed by atoms with Crippen molar-refractivity contribution in [3.63, 3.8) is 0 Å². The van der Waals surface area contributed by atoms with E-state index in [2.05, 4.69) is 15.6 Å². The molecule has 2 N–H and O–H groups in total. The Balaban J connectivity index is 1.43. The van der Waals surface area contributed by atoms with Crippen molar-refractivity contribution in [2.75, 3.05) is 10.6 Å². The smallest absolute Gasteiger partial charge is 0.323 e. The first-order chi connectivity index (χ1) is 14.1. The third-order valence-corrected chi connectivity index (χ3v) is 4.42. The number of benzene rings is 3. The van der Waals surface area contributed by atoms with Crippen LogP contribution in [-0.4, -0.2) is 11.0 Å². The summed E-state index contributed by atoms with van der Waals surface area (Å²) in [5.41, 5.74) is 4.84. The molecular formula is C23H18FN3O2. The molecule has 0 aliphatic rings. The van der Waals surface area contributed by atoms with Crippen molar-refractivity contribution < 1.29 is 13.6 Å². The number of oxazole rings is 1. The Morgan fingerprint density at radius 2 is 1.52 bits per heavy atom. The Kier molecular flexibility index (Phi) is 5.07. The van der Waals surface area contributed by atoms with Gasteiger partial charge in [0, 0.05) is 22.5 Å². The second kappa shape index (κ2) is 7.98. The molecule has 0 bridgehead atoms. The van der Waals surface area contributed by atoms with E-state index in [9.17, 15) is 9.18 Å². The Hall–Kier alpha value is -3.93. The number of rotatable bonds is 4. The van der Waals surface area contributed by atoms with Gasteiger partial charge in [-0.3, -0.25) is 0 Å². The Morgan fingerprint density at radius 3 is 2.17 bits per heavy atom. The van der Waals surface area contributed by atoms with Crippen LogP contribution in [0.5, 0.6) is 0 Å². The van der Waals surface area contributed by atoms with Gasteiger partial charge in [0.1, 0.15) is 17.8 Å². The molecule has 144 valence electrons. The lowest BCUT2D eigenvalue weighted by Crippen LogP contribution is -2.19. The monoisotopic (exact) mass is 387 g/mol. The summed E-state index contributed by atoms with van der Waals surface area (Å²) in [7, 11) is 0. The lowest BCUT2D eigenvalue weighted by atomic mass is 10.1. The van der Waals surface area contributed by atoms with E-state index in [-0.39, 0.29) is 5.82 Å². The van der Waals surface area contributed by atoms with Crippen molar-refractivity contribution in [1.82, 2.24) is 4.98 Å². The van der Waals surface area contributed by atoms with Gasteiger partial charge < -0.3 is 15.1 Å². The second-order valence-electron chi connectivity index (χ2n) is 6.52. The number of aryl methyl sites for hydroxylation is 1. The van der Waals surface area contributed by atoms with Crippen LogP contribution in [-0.2, 0) is 0 Å². The van der Waals surface area contributed by atoms with Gasteiger partial charge in [0.2, 0.25) is 5.89 Å². The van der Waals surface area contributed by atoms with Gasteiger partial charge in [0.15, 0.2) is 0 Å². The molecule has 0 aliphatic heterocycles. The van der Waals surface area contributed by atoms with E-state index < -0.39 is 6.03 Å². The fourth-order valence-corrected chi connectivity index (χ4v) is 2.91. The van der Waals surface area contributed by atoms with E-state index >= 15 is 0 Å². The standard InChI is InChI=1S/C23H18FN3O2/c1-15-4-2-3-5-20(15)21-14-29-22(27-21)16-6-10-18(11-7-16)25-23(28)26-19-12-8-17(24)9-13-19/h2-14H,1H3,(H2,25,26,28). The molecule has 1 heterocycles. The summed E-state index contributed by atoms with van der Waals surface area (Å²) in [6, 6.07) is 20.3. The molecule has 0 saturated heterocycles. The summed E-state index contributed by atoms with van der Waals surface area (Å²) in [6.45, 7) is 2.03. The number of urea groups is 1. The maximum atomic E-state index is 12.9. The van der Waals surface area contributed by atoms with Crippen molar-refractivity contribution in [2.45, 2.75) is 6.92 Å². The number of hydrogen-bond donors (Lipinski definition) is 2. The average Bonchev–Trinajstić information content (AvgIpc) is 3.20. The number of amides is 2. The van der Waals surface area contributed by atoms with Crippen molar-refractivity contribution in [3.05, 3.63) is 90.4 Å². The highest BCUT2D eigenvalue weighted by molar-refractivity contribution is 5.99. The van der Waals surface area contributed by atoms with Gasteiger partial charge in [0.05, 0.1) is 0 Å². The van der Waals surface area contributed by atoms with Crippen molar-refractivity contribution >= 4 is 17.4 Å².